The molecule has 0 aromatic heterocycles. The van der Waals surface area contributed by atoms with Gasteiger partial charge in [-0.2, -0.15) is 0 Å². The molecule has 0 saturated heterocycles. The largest absolute Gasteiger partial charge is 0.378 e. The molecule has 0 radical (unpaired) electrons. The van der Waals surface area contributed by atoms with Crippen molar-refractivity contribution in [2.45, 2.75) is 25.3 Å². The highest BCUT2D eigenvalue weighted by Gasteiger charge is 2.48. The Morgan fingerprint density at radius 2 is 2.00 bits per heavy atom. The van der Waals surface area contributed by atoms with Gasteiger partial charge in [-0.25, -0.2) is 0 Å². The molecule has 3 N–H and O–H groups in total. The van der Waals surface area contributed by atoms with Crippen LogP contribution < -0.4 is 11.1 Å². The number of amides is 1. The summed E-state index contributed by atoms with van der Waals surface area (Å²) in [5, 5.41) is 2.97. The van der Waals surface area contributed by atoms with Crippen LogP contribution in [0.15, 0.2) is 0 Å². The molecule has 20 heavy (non-hydrogen) atoms. The van der Waals surface area contributed by atoms with Crippen molar-refractivity contribution in [3.63, 3.8) is 0 Å². The van der Waals surface area contributed by atoms with Gasteiger partial charge in [0.1, 0.15) is 0 Å². The predicted molar refractivity (Wildman–Crippen MR) is 81.9 cm³/mol. The zero-order valence-electron chi connectivity index (χ0n) is 12.5. The average molecular weight is 306 g/mol. The molecule has 2 aliphatic carbocycles. The number of nitrogens with one attached hydrogen (secondary N) is 1. The summed E-state index contributed by atoms with van der Waals surface area (Å²) in [6, 6.07) is 0.0772. The molecule has 2 aliphatic rings. The molecule has 2 fully saturated rings. The zero-order valence-corrected chi connectivity index (χ0v) is 13.3. The van der Waals surface area contributed by atoms with Crippen molar-refractivity contribution < 1.29 is 9.53 Å². The van der Waals surface area contributed by atoms with E-state index in [-0.39, 0.29) is 30.3 Å². The lowest BCUT2D eigenvalue weighted by atomic mass is 9.84. The molecule has 4 atom stereocenters. The van der Waals surface area contributed by atoms with Gasteiger partial charge < -0.3 is 20.7 Å². The van der Waals surface area contributed by atoms with Gasteiger partial charge in [0.25, 0.3) is 0 Å². The molecular weight excluding hydrogens is 278 g/mol. The number of nitrogens with zero attached hydrogens (tertiary/aromatic N) is 1. The Balaban J connectivity index is 0.00000200. The van der Waals surface area contributed by atoms with Gasteiger partial charge in [0.05, 0.1) is 19.1 Å². The smallest absolute Gasteiger partial charge is 0.225 e. The minimum Gasteiger partial charge on any atom is -0.378 e. The summed E-state index contributed by atoms with van der Waals surface area (Å²) in [6.45, 7) is 2.78. The first-order chi connectivity index (χ1) is 9.09. The molecular formula is C14H28ClN3O2. The normalized spacial score (nSPS) is 31.4. The molecule has 2 rings (SSSR count). The fourth-order valence-corrected chi connectivity index (χ4v) is 3.44. The van der Waals surface area contributed by atoms with E-state index in [4.69, 9.17) is 10.5 Å². The van der Waals surface area contributed by atoms with Gasteiger partial charge in [0, 0.05) is 19.1 Å². The molecule has 5 nitrogen and oxygen atoms in total. The second-order valence-electron chi connectivity index (χ2n) is 6.14. The van der Waals surface area contributed by atoms with E-state index in [1.54, 1.807) is 0 Å². The Hall–Kier alpha value is -0.360. The third kappa shape index (κ3) is 4.32. The van der Waals surface area contributed by atoms with Crippen LogP contribution in [0.4, 0.5) is 0 Å². The molecule has 2 bridgehead atoms. The third-order valence-corrected chi connectivity index (χ3v) is 4.51. The maximum atomic E-state index is 12.1. The molecule has 0 spiro atoms. The summed E-state index contributed by atoms with van der Waals surface area (Å²) in [4.78, 5) is 14.2. The minimum atomic E-state index is 0. The fourth-order valence-electron chi connectivity index (χ4n) is 3.44. The van der Waals surface area contributed by atoms with E-state index < -0.39 is 0 Å². The molecule has 0 aliphatic heterocycles. The van der Waals surface area contributed by atoms with Gasteiger partial charge in [-0.05, 0) is 45.2 Å². The highest BCUT2D eigenvalue weighted by Crippen LogP contribution is 2.47. The van der Waals surface area contributed by atoms with E-state index >= 15 is 0 Å². The monoisotopic (exact) mass is 305 g/mol. The lowest BCUT2D eigenvalue weighted by molar-refractivity contribution is -0.127. The summed E-state index contributed by atoms with van der Waals surface area (Å²) in [7, 11) is 4.03. The van der Waals surface area contributed by atoms with Crippen LogP contribution in [0.1, 0.15) is 19.3 Å². The van der Waals surface area contributed by atoms with Gasteiger partial charge in [-0.15, -0.1) is 12.4 Å². The predicted octanol–water partition coefficient (Wildman–Crippen LogP) is 0.476. The van der Waals surface area contributed by atoms with Crippen molar-refractivity contribution >= 4 is 18.3 Å². The van der Waals surface area contributed by atoms with Crippen LogP contribution in [0.2, 0.25) is 0 Å². The van der Waals surface area contributed by atoms with Crippen molar-refractivity contribution in [3.8, 4) is 0 Å². The maximum absolute atomic E-state index is 12.1. The molecule has 0 aromatic rings. The third-order valence-electron chi connectivity index (χ3n) is 4.51. The standard InChI is InChI=1S/C14H27N3O2.ClH/c1-17(2)6-8-19-7-5-16-14(18)12-10-3-4-11(9-10)13(12)15;/h10-13H,3-9,15H2,1-2H3,(H,16,18);1H. The van der Waals surface area contributed by atoms with Gasteiger partial charge in [-0.3, -0.25) is 4.79 Å². The van der Waals surface area contributed by atoms with E-state index in [1.165, 1.54) is 12.8 Å². The quantitative estimate of drug-likeness (QED) is 0.671. The SMILES string of the molecule is CN(C)CCOCCNC(=O)C1C2CCC(C2)C1N.Cl. The van der Waals surface area contributed by atoms with Crippen molar-refractivity contribution in [1.29, 1.82) is 0 Å². The first-order valence-electron chi connectivity index (χ1n) is 7.35. The number of hydrogen-bond donors (Lipinski definition) is 2. The van der Waals surface area contributed by atoms with E-state index in [9.17, 15) is 4.79 Å². The second-order valence-corrected chi connectivity index (χ2v) is 6.14. The lowest BCUT2D eigenvalue weighted by Crippen LogP contribution is -2.46. The van der Waals surface area contributed by atoms with Gasteiger partial charge in [0.15, 0.2) is 0 Å². The van der Waals surface area contributed by atoms with Crippen LogP contribution >= 0.6 is 12.4 Å². The number of fused-ring (bicyclic) bond motifs is 2. The number of halogens is 1. The first-order valence-corrected chi connectivity index (χ1v) is 7.35. The van der Waals surface area contributed by atoms with Crippen molar-refractivity contribution in [1.82, 2.24) is 10.2 Å². The molecule has 4 unspecified atom stereocenters. The van der Waals surface area contributed by atoms with E-state index in [0.717, 1.165) is 13.0 Å². The van der Waals surface area contributed by atoms with Crippen LogP contribution in [0.5, 0.6) is 0 Å². The molecule has 0 heterocycles. The first kappa shape index (κ1) is 17.7. The summed E-state index contributed by atoms with van der Waals surface area (Å²) in [5.41, 5.74) is 6.15. The number of ether oxygens (including phenoxy) is 1. The summed E-state index contributed by atoms with van der Waals surface area (Å²) < 4.78 is 5.46. The fraction of sp³-hybridized carbons (Fsp3) is 0.929. The Labute approximate surface area is 128 Å². The van der Waals surface area contributed by atoms with Gasteiger partial charge in [-0.1, -0.05) is 0 Å². The average Bonchev–Trinajstić information content (AvgIpc) is 2.93. The Bertz CT molecular complexity index is 313. The van der Waals surface area contributed by atoms with Crippen molar-refractivity contribution in [3.05, 3.63) is 0 Å². The van der Waals surface area contributed by atoms with Crippen LogP contribution in [-0.4, -0.2) is 57.2 Å². The number of rotatable bonds is 7. The van der Waals surface area contributed by atoms with Gasteiger partial charge >= 0.3 is 0 Å². The number of carbonyl (C=O) groups excluding carboxylic acids is 1. The van der Waals surface area contributed by atoms with E-state index in [0.29, 0.717) is 31.6 Å². The molecule has 0 aromatic carbocycles. The molecule has 6 heteroatoms. The zero-order chi connectivity index (χ0) is 13.8. The van der Waals surface area contributed by atoms with Crippen molar-refractivity contribution in [2.75, 3.05) is 40.4 Å². The van der Waals surface area contributed by atoms with E-state index in [1.807, 2.05) is 14.1 Å². The Kier molecular flexibility index (Phi) is 7.23. The maximum Gasteiger partial charge on any atom is 0.225 e. The highest BCUT2D eigenvalue weighted by molar-refractivity contribution is 5.85. The molecule has 1 amide bonds. The molecule has 2 saturated carbocycles. The summed E-state index contributed by atoms with van der Waals surface area (Å²) >= 11 is 0. The number of hydrogen-bond acceptors (Lipinski definition) is 4. The summed E-state index contributed by atoms with van der Waals surface area (Å²) in [5.74, 6) is 1.28. The van der Waals surface area contributed by atoms with Crippen LogP contribution in [0, 0.1) is 17.8 Å². The lowest BCUT2D eigenvalue weighted by Gasteiger charge is -2.27. The van der Waals surface area contributed by atoms with Gasteiger partial charge in [0.2, 0.25) is 5.91 Å². The minimum absolute atomic E-state index is 0. The molecule has 118 valence electrons. The van der Waals surface area contributed by atoms with Crippen molar-refractivity contribution in [2.24, 2.45) is 23.5 Å². The number of likely N-dealkylation sites (N-methyl/N-ethyl adjacent to an activating group) is 1. The highest BCUT2D eigenvalue weighted by atomic mass is 35.5. The summed E-state index contributed by atoms with van der Waals surface area (Å²) in [6.07, 6.45) is 3.54. The Morgan fingerprint density at radius 3 is 2.60 bits per heavy atom. The van der Waals surface area contributed by atoms with E-state index in [2.05, 4.69) is 10.2 Å². The van der Waals surface area contributed by atoms with Crippen LogP contribution in [0.25, 0.3) is 0 Å². The van der Waals surface area contributed by atoms with Crippen LogP contribution in [-0.2, 0) is 9.53 Å². The number of carbonyl (C=O) groups is 1. The second kappa shape index (κ2) is 8.17. The topological polar surface area (TPSA) is 67.6 Å². The number of nitrogens with two attached hydrogens (primary N) is 1. The Morgan fingerprint density at radius 1 is 1.30 bits per heavy atom. The van der Waals surface area contributed by atoms with Crippen LogP contribution in [0.3, 0.4) is 0 Å².